The molecular weight excluding hydrogens is 332 g/mol. The fourth-order valence-corrected chi connectivity index (χ4v) is 2.72. The van der Waals surface area contributed by atoms with Gasteiger partial charge in [0.1, 0.15) is 5.78 Å². The summed E-state index contributed by atoms with van der Waals surface area (Å²) in [5, 5.41) is 20.7. The molecule has 5 heteroatoms. The van der Waals surface area contributed by atoms with Crippen molar-refractivity contribution in [1.29, 1.82) is 0 Å². The van der Waals surface area contributed by atoms with Crippen LogP contribution < -0.4 is 0 Å². The Hall–Kier alpha value is -1.46. The van der Waals surface area contributed by atoms with Gasteiger partial charge in [-0.3, -0.25) is 4.79 Å². The molecule has 5 nitrogen and oxygen atoms in total. The van der Waals surface area contributed by atoms with E-state index in [0.717, 1.165) is 12.0 Å². The van der Waals surface area contributed by atoms with Gasteiger partial charge in [0, 0.05) is 19.3 Å². The van der Waals surface area contributed by atoms with Gasteiger partial charge in [0.2, 0.25) is 0 Å². The molecule has 0 saturated heterocycles. The Morgan fingerprint density at radius 2 is 1.77 bits per heavy atom. The minimum Gasteiger partial charge on any atom is -0.469 e. The van der Waals surface area contributed by atoms with Crippen molar-refractivity contribution in [2.75, 3.05) is 7.11 Å². The minimum absolute atomic E-state index is 0.163. The van der Waals surface area contributed by atoms with E-state index in [1.165, 1.54) is 7.11 Å². The zero-order chi connectivity index (χ0) is 20.3. The number of hydrogen-bond donors (Lipinski definition) is 2. The van der Waals surface area contributed by atoms with Crippen LogP contribution in [-0.2, 0) is 14.3 Å². The quantitative estimate of drug-likeness (QED) is 0.406. The number of methoxy groups -OCH3 is 1. The Morgan fingerprint density at radius 3 is 2.27 bits per heavy atom. The van der Waals surface area contributed by atoms with Crippen LogP contribution in [0.5, 0.6) is 0 Å². The summed E-state index contributed by atoms with van der Waals surface area (Å²) in [6.45, 7) is 9.26. The van der Waals surface area contributed by atoms with Crippen LogP contribution >= 0.6 is 0 Å². The molecule has 3 atom stereocenters. The monoisotopic (exact) mass is 368 g/mol. The molecule has 0 spiro atoms. The van der Waals surface area contributed by atoms with E-state index in [1.807, 2.05) is 13.0 Å². The highest BCUT2D eigenvalue weighted by Crippen LogP contribution is 2.23. The molecular formula is C21H36O5. The third-order valence-corrected chi connectivity index (χ3v) is 4.44. The van der Waals surface area contributed by atoms with E-state index in [4.69, 9.17) is 0 Å². The maximum absolute atomic E-state index is 11.2. The van der Waals surface area contributed by atoms with Gasteiger partial charge >= 0.3 is 5.97 Å². The molecule has 0 bridgehead atoms. The van der Waals surface area contributed by atoms with Gasteiger partial charge in [0.05, 0.1) is 18.8 Å². The predicted octanol–water partition coefficient (Wildman–Crippen LogP) is 3.59. The van der Waals surface area contributed by atoms with E-state index >= 15 is 0 Å². The smallest absolute Gasteiger partial charge is 0.305 e. The van der Waals surface area contributed by atoms with Crippen molar-refractivity contribution in [1.82, 2.24) is 0 Å². The van der Waals surface area contributed by atoms with Gasteiger partial charge in [-0.25, -0.2) is 0 Å². The van der Waals surface area contributed by atoms with Crippen LogP contribution in [0.15, 0.2) is 23.8 Å². The molecule has 0 heterocycles. The topological polar surface area (TPSA) is 83.8 Å². The molecule has 0 saturated carbocycles. The van der Waals surface area contributed by atoms with Crippen molar-refractivity contribution in [3.8, 4) is 0 Å². The summed E-state index contributed by atoms with van der Waals surface area (Å²) in [4.78, 5) is 22.3. The number of hydrogen-bond acceptors (Lipinski definition) is 5. The molecule has 0 aliphatic rings. The van der Waals surface area contributed by atoms with Crippen LogP contribution in [0.25, 0.3) is 0 Å². The zero-order valence-corrected chi connectivity index (χ0v) is 17.1. The third-order valence-electron chi connectivity index (χ3n) is 4.44. The van der Waals surface area contributed by atoms with Gasteiger partial charge in [-0.05, 0) is 45.4 Å². The van der Waals surface area contributed by atoms with Crippen molar-refractivity contribution < 1.29 is 24.5 Å². The SMILES string of the molecule is COC(=O)CC/C(C)=C/[C@H](O)C[C@@](C)(O)/C=C/[C@@H](CCC(C)=O)C(C)C. The molecule has 2 N–H and O–H groups in total. The standard InChI is InChI=1S/C21H36O5/c1-15(2)18(9-8-17(4)22)11-12-21(5,25)14-19(23)13-16(3)7-10-20(24)26-6/h11-13,15,18-19,23,25H,7-10,14H2,1-6H3/b12-11+,16-13+/t18-,19+,21+/m1/s1. The van der Waals surface area contributed by atoms with Crippen LogP contribution in [0, 0.1) is 11.8 Å². The van der Waals surface area contributed by atoms with Gasteiger partial charge in [0.15, 0.2) is 0 Å². The van der Waals surface area contributed by atoms with Crippen molar-refractivity contribution >= 4 is 11.8 Å². The Kier molecular flexibility index (Phi) is 11.3. The number of aliphatic hydroxyl groups is 2. The first-order valence-electron chi connectivity index (χ1n) is 9.30. The number of rotatable bonds is 12. The van der Waals surface area contributed by atoms with E-state index in [1.54, 1.807) is 26.0 Å². The average molecular weight is 369 g/mol. The molecule has 26 heavy (non-hydrogen) atoms. The first-order chi connectivity index (χ1) is 12.0. The van der Waals surface area contributed by atoms with Crippen molar-refractivity contribution in [3.05, 3.63) is 23.8 Å². The highest BCUT2D eigenvalue weighted by atomic mass is 16.5. The van der Waals surface area contributed by atoms with E-state index in [9.17, 15) is 19.8 Å². The average Bonchev–Trinajstić information content (AvgIpc) is 2.50. The Bertz CT molecular complexity index is 503. The number of carbonyl (C=O) groups excluding carboxylic acids is 2. The predicted molar refractivity (Wildman–Crippen MR) is 104 cm³/mol. The first-order valence-corrected chi connectivity index (χ1v) is 9.30. The van der Waals surface area contributed by atoms with Crippen LogP contribution in [0.3, 0.4) is 0 Å². The molecule has 0 amide bonds. The molecule has 0 unspecified atom stereocenters. The number of carbonyl (C=O) groups is 2. The van der Waals surface area contributed by atoms with E-state index in [0.29, 0.717) is 18.8 Å². The largest absolute Gasteiger partial charge is 0.469 e. The second-order valence-corrected chi connectivity index (χ2v) is 7.73. The van der Waals surface area contributed by atoms with Crippen LogP contribution in [0.4, 0.5) is 0 Å². The first kappa shape index (κ1) is 24.5. The molecule has 0 aromatic carbocycles. The lowest BCUT2D eigenvalue weighted by atomic mass is 9.87. The summed E-state index contributed by atoms with van der Waals surface area (Å²) >= 11 is 0. The fourth-order valence-electron chi connectivity index (χ4n) is 2.72. The van der Waals surface area contributed by atoms with Gasteiger partial charge in [-0.1, -0.05) is 37.6 Å². The summed E-state index contributed by atoms with van der Waals surface area (Å²) in [6.07, 6.45) is 6.78. The summed E-state index contributed by atoms with van der Waals surface area (Å²) in [5.41, 5.74) is -0.272. The van der Waals surface area contributed by atoms with Crippen LogP contribution in [0.2, 0.25) is 0 Å². The molecule has 150 valence electrons. The Labute approximate surface area is 158 Å². The lowest BCUT2D eigenvalue weighted by Gasteiger charge is -2.24. The Morgan fingerprint density at radius 1 is 1.15 bits per heavy atom. The maximum atomic E-state index is 11.2. The normalized spacial score (nSPS) is 17.2. The number of allylic oxidation sites excluding steroid dienone is 2. The second kappa shape index (κ2) is 12.0. The summed E-state index contributed by atoms with van der Waals surface area (Å²) in [5.74, 6) is 0.456. The number of Topliss-reactive ketones (excluding diaryl/α,β-unsaturated/α-hetero) is 1. The van der Waals surface area contributed by atoms with Crippen molar-refractivity contribution in [2.45, 2.75) is 78.4 Å². The van der Waals surface area contributed by atoms with E-state index in [-0.39, 0.29) is 30.5 Å². The molecule has 0 radical (unpaired) electrons. The van der Waals surface area contributed by atoms with Crippen molar-refractivity contribution in [3.63, 3.8) is 0 Å². The summed E-state index contributed by atoms with van der Waals surface area (Å²) < 4.78 is 4.60. The van der Waals surface area contributed by atoms with Crippen molar-refractivity contribution in [2.24, 2.45) is 11.8 Å². The number of aliphatic hydroxyl groups excluding tert-OH is 1. The van der Waals surface area contributed by atoms with Gasteiger partial charge in [0.25, 0.3) is 0 Å². The molecule has 0 aliphatic heterocycles. The highest BCUT2D eigenvalue weighted by molar-refractivity contribution is 5.75. The molecule has 0 rings (SSSR count). The number of ether oxygens (including phenoxy) is 1. The van der Waals surface area contributed by atoms with Gasteiger partial charge < -0.3 is 19.7 Å². The number of ketones is 1. The van der Waals surface area contributed by atoms with Gasteiger partial charge in [-0.2, -0.15) is 0 Å². The lowest BCUT2D eigenvalue weighted by Crippen LogP contribution is -2.27. The lowest BCUT2D eigenvalue weighted by molar-refractivity contribution is -0.140. The third kappa shape index (κ3) is 12.0. The summed E-state index contributed by atoms with van der Waals surface area (Å²) in [7, 11) is 1.35. The molecule has 0 aromatic heterocycles. The molecule has 0 fully saturated rings. The van der Waals surface area contributed by atoms with E-state index < -0.39 is 11.7 Å². The highest BCUT2D eigenvalue weighted by Gasteiger charge is 2.22. The molecule has 0 aromatic rings. The summed E-state index contributed by atoms with van der Waals surface area (Å²) in [6, 6.07) is 0. The molecule has 0 aliphatic carbocycles. The minimum atomic E-state index is -1.15. The van der Waals surface area contributed by atoms with Crippen LogP contribution in [0.1, 0.15) is 66.7 Å². The zero-order valence-electron chi connectivity index (χ0n) is 17.1. The van der Waals surface area contributed by atoms with E-state index in [2.05, 4.69) is 18.6 Å². The van der Waals surface area contributed by atoms with Gasteiger partial charge in [-0.15, -0.1) is 0 Å². The van der Waals surface area contributed by atoms with Crippen LogP contribution in [-0.4, -0.2) is 40.8 Å². The second-order valence-electron chi connectivity index (χ2n) is 7.73. The Balaban J connectivity index is 4.72. The number of esters is 1. The maximum Gasteiger partial charge on any atom is 0.305 e. The fraction of sp³-hybridized carbons (Fsp3) is 0.714.